The molecule has 0 bridgehead atoms. The molecule has 0 saturated heterocycles. The number of amides is 1. The third-order valence-corrected chi connectivity index (χ3v) is 2.54. The van der Waals surface area contributed by atoms with Gasteiger partial charge in [0.25, 0.3) is 5.91 Å². The maximum absolute atomic E-state index is 11.9. The van der Waals surface area contributed by atoms with Crippen molar-refractivity contribution in [3.05, 3.63) is 42.5 Å². The molecule has 0 aliphatic carbocycles. The summed E-state index contributed by atoms with van der Waals surface area (Å²) in [5.74, 6) is 1.02. The topological polar surface area (TPSA) is 50.7 Å². The molecule has 0 heterocycles. The Balaban J connectivity index is 2.57. The van der Waals surface area contributed by atoms with Crippen LogP contribution in [0.25, 0.3) is 0 Å². The number of nitrogens with zero attached hydrogens (tertiary/aromatic N) is 1. The molecule has 1 amide bonds. The molecule has 0 radical (unpaired) electrons. The van der Waals surface area contributed by atoms with Gasteiger partial charge in [0.05, 0.1) is 0 Å². The second-order valence-electron chi connectivity index (χ2n) is 5.01. The highest BCUT2D eigenvalue weighted by Crippen LogP contribution is 2.12. The van der Waals surface area contributed by atoms with Crippen LogP contribution in [-0.4, -0.2) is 18.2 Å². The van der Waals surface area contributed by atoms with E-state index in [1.165, 1.54) is 0 Å². The lowest BCUT2D eigenvalue weighted by molar-refractivity contribution is 0.0954. The van der Waals surface area contributed by atoms with Gasteiger partial charge >= 0.3 is 0 Å². The quantitative estimate of drug-likeness (QED) is 0.470. The van der Waals surface area contributed by atoms with Gasteiger partial charge in [0.15, 0.2) is 0 Å². The van der Waals surface area contributed by atoms with E-state index in [9.17, 15) is 4.79 Å². The van der Waals surface area contributed by atoms with Crippen LogP contribution in [0.2, 0.25) is 0 Å². The zero-order valence-corrected chi connectivity index (χ0v) is 12.3. The van der Waals surface area contributed by atoms with Crippen LogP contribution in [0.5, 0.6) is 5.75 Å². The SMILES string of the molecule is C=CCOc1ccc(C(=O)NN=C(C)CC(C)C)cc1. The molecular weight excluding hydrogens is 252 g/mol. The van der Waals surface area contributed by atoms with E-state index in [-0.39, 0.29) is 5.91 Å². The highest BCUT2D eigenvalue weighted by atomic mass is 16.5. The number of benzene rings is 1. The molecule has 0 aliphatic heterocycles. The summed E-state index contributed by atoms with van der Waals surface area (Å²) in [5, 5.41) is 4.09. The number of carbonyl (C=O) groups is 1. The largest absolute Gasteiger partial charge is 0.490 e. The molecule has 0 spiro atoms. The Kier molecular flexibility index (Phi) is 6.50. The Hall–Kier alpha value is -2.10. The van der Waals surface area contributed by atoms with Crippen LogP contribution >= 0.6 is 0 Å². The van der Waals surface area contributed by atoms with E-state index in [2.05, 4.69) is 31.0 Å². The molecule has 4 heteroatoms. The first-order valence-electron chi connectivity index (χ1n) is 6.70. The highest BCUT2D eigenvalue weighted by Gasteiger charge is 2.05. The van der Waals surface area contributed by atoms with Crippen molar-refractivity contribution in [2.24, 2.45) is 11.0 Å². The Bertz CT molecular complexity index is 476. The lowest BCUT2D eigenvalue weighted by Crippen LogP contribution is -2.19. The molecule has 0 fully saturated rings. The van der Waals surface area contributed by atoms with Gasteiger partial charge in [-0.15, -0.1) is 0 Å². The van der Waals surface area contributed by atoms with Gasteiger partial charge in [-0.2, -0.15) is 5.10 Å². The molecular formula is C16H22N2O2. The second-order valence-corrected chi connectivity index (χ2v) is 5.01. The summed E-state index contributed by atoms with van der Waals surface area (Å²) in [7, 11) is 0. The zero-order valence-electron chi connectivity index (χ0n) is 12.3. The van der Waals surface area contributed by atoms with E-state index in [4.69, 9.17) is 4.74 Å². The smallest absolute Gasteiger partial charge is 0.271 e. The van der Waals surface area contributed by atoms with Crippen molar-refractivity contribution in [1.29, 1.82) is 0 Å². The fraction of sp³-hybridized carbons (Fsp3) is 0.375. The average Bonchev–Trinajstić information content (AvgIpc) is 2.42. The van der Waals surface area contributed by atoms with Crippen LogP contribution in [-0.2, 0) is 0 Å². The van der Waals surface area contributed by atoms with Crippen molar-refractivity contribution >= 4 is 11.6 Å². The van der Waals surface area contributed by atoms with Crippen LogP contribution in [0, 0.1) is 5.92 Å². The van der Waals surface area contributed by atoms with E-state index < -0.39 is 0 Å². The van der Waals surface area contributed by atoms with Crippen LogP contribution in [0.3, 0.4) is 0 Å². The maximum atomic E-state index is 11.9. The lowest BCUT2D eigenvalue weighted by atomic mass is 10.1. The van der Waals surface area contributed by atoms with Crippen molar-refractivity contribution < 1.29 is 9.53 Å². The van der Waals surface area contributed by atoms with Crippen molar-refractivity contribution in [2.45, 2.75) is 27.2 Å². The Morgan fingerprint density at radius 3 is 2.60 bits per heavy atom. The Labute approximate surface area is 120 Å². The predicted octanol–water partition coefficient (Wildman–Crippen LogP) is 3.40. The lowest BCUT2D eigenvalue weighted by Gasteiger charge is -2.06. The molecule has 0 aliphatic rings. The number of hydrogen-bond acceptors (Lipinski definition) is 3. The van der Waals surface area contributed by atoms with Crippen molar-refractivity contribution in [3.8, 4) is 5.75 Å². The second kappa shape index (κ2) is 8.15. The minimum atomic E-state index is -0.219. The van der Waals surface area contributed by atoms with Crippen LogP contribution in [0.15, 0.2) is 42.0 Å². The third-order valence-electron chi connectivity index (χ3n) is 2.54. The van der Waals surface area contributed by atoms with Gasteiger partial charge < -0.3 is 4.74 Å². The third kappa shape index (κ3) is 5.69. The summed E-state index contributed by atoms with van der Waals surface area (Å²) >= 11 is 0. The highest BCUT2D eigenvalue weighted by molar-refractivity contribution is 5.95. The van der Waals surface area contributed by atoms with Crippen LogP contribution < -0.4 is 10.2 Å². The number of hydrogen-bond donors (Lipinski definition) is 1. The summed E-state index contributed by atoms with van der Waals surface area (Å²) in [6.07, 6.45) is 2.54. The number of hydrazone groups is 1. The van der Waals surface area contributed by atoms with Gasteiger partial charge in [-0.25, -0.2) is 5.43 Å². The van der Waals surface area contributed by atoms with Gasteiger partial charge in [-0.05, 0) is 43.5 Å². The molecule has 1 N–H and O–H groups in total. The van der Waals surface area contributed by atoms with Crippen molar-refractivity contribution in [1.82, 2.24) is 5.43 Å². The Morgan fingerprint density at radius 1 is 1.40 bits per heavy atom. The summed E-state index contributed by atoms with van der Waals surface area (Å²) in [4.78, 5) is 11.9. The number of ether oxygens (including phenoxy) is 1. The van der Waals surface area contributed by atoms with Gasteiger partial charge in [0.1, 0.15) is 12.4 Å². The van der Waals surface area contributed by atoms with Crippen LogP contribution in [0.4, 0.5) is 0 Å². The van der Waals surface area contributed by atoms with Gasteiger partial charge in [0.2, 0.25) is 0 Å². The van der Waals surface area contributed by atoms with E-state index >= 15 is 0 Å². The molecule has 4 nitrogen and oxygen atoms in total. The summed E-state index contributed by atoms with van der Waals surface area (Å²) in [6, 6.07) is 6.92. The zero-order chi connectivity index (χ0) is 15.0. The number of carbonyl (C=O) groups excluding carboxylic acids is 1. The molecule has 0 unspecified atom stereocenters. The van der Waals surface area contributed by atoms with Crippen molar-refractivity contribution in [3.63, 3.8) is 0 Å². The van der Waals surface area contributed by atoms with E-state index in [0.29, 0.717) is 23.8 Å². The molecule has 20 heavy (non-hydrogen) atoms. The normalized spacial score (nSPS) is 11.3. The first-order valence-corrected chi connectivity index (χ1v) is 6.70. The minimum Gasteiger partial charge on any atom is -0.490 e. The average molecular weight is 274 g/mol. The fourth-order valence-electron chi connectivity index (χ4n) is 1.70. The maximum Gasteiger partial charge on any atom is 0.271 e. The molecule has 0 atom stereocenters. The minimum absolute atomic E-state index is 0.219. The van der Waals surface area contributed by atoms with Crippen LogP contribution in [0.1, 0.15) is 37.6 Å². The predicted molar refractivity (Wildman–Crippen MR) is 82.2 cm³/mol. The summed E-state index contributed by atoms with van der Waals surface area (Å²) in [5.41, 5.74) is 4.03. The monoisotopic (exact) mass is 274 g/mol. The molecule has 1 aromatic rings. The number of nitrogens with one attached hydrogen (secondary N) is 1. The van der Waals surface area contributed by atoms with Crippen molar-refractivity contribution in [2.75, 3.05) is 6.61 Å². The Morgan fingerprint density at radius 2 is 2.05 bits per heavy atom. The first-order chi connectivity index (χ1) is 9.52. The standard InChI is InChI=1S/C16H22N2O2/c1-5-10-20-15-8-6-14(7-9-15)16(19)18-17-13(4)11-12(2)3/h5-9,12H,1,10-11H2,2-4H3,(H,18,19). The first kappa shape index (κ1) is 16.0. The van der Waals surface area contributed by atoms with E-state index in [1.54, 1.807) is 30.3 Å². The van der Waals surface area contributed by atoms with Gasteiger partial charge in [-0.3, -0.25) is 4.79 Å². The molecule has 0 saturated carbocycles. The summed E-state index contributed by atoms with van der Waals surface area (Å²) in [6.45, 7) is 10.2. The molecule has 108 valence electrons. The fourth-order valence-corrected chi connectivity index (χ4v) is 1.70. The molecule has 1 rings (SSSR count). The molecule has 1 aromatic carbocycles. The van der Waals surface area contributed by atoms with E-state index in [1.807, 2.05) is 6.92 Å². The van der Waals surface area contributed by atoms with E-state index in [0.717, 1.165) is 12.1 Å². The number of rotatable bonds is 7. The molecule has 0 aromatic heterocycles. The van der Waals surface area contributed by atoms with Gasteiger partial charge in [-0.1, -0.05) is 26.5 Å². The summed E-state index contributed by atoms with van der Waals surface area (Å²) < 4.78 is 5.35. The van der Waals surface area contributed by atoms with Gasteiger partial charge in [0, 0.05) is 11.3 Å².